The summed E-state index contributed by atoms with van der Waals surface area (Å²) in [6, 6.07) is 9.52. The van der Waals surface area contributed by atoms with Gasteiger partial charge in [-0.1, -0.05) is 12.1 Å². The van der Waals surface area contributed by atoms with E-state index in [0.29, 0.717) is 31.7 Å². The number of aromatic nitrogens is 2. The molecule has 0 radical (unpaired) electrons. The number of rotatable bonds is 4. The van der Waals surface area contributed by atoms with Crippen LogP contribution in [0.2, 0.25) is 0 Å². The number of hydrogen-bond acceptors (Lipinski definition) is 4. The molecule has 25 heavy (non-hydrogen) atoms. The Kier molecular flexibility index (Phi) is 4.31. The zero-order valence-electron chi connectivity index (χ0n) is 14.1. The molecule has 1 aromatic heterocycles. The summed E-state index contributed by atoms with van der Waals surface area (Å²) in [7, 11) is 0. The monoisotopic (exact) mass is 341 g/mol. The van der Waals surface area contributed by atoms with Crippen molar-refractivity contribution in [1.29, 1.82) is 0 Å². The van der Waals surface area contributed by atoms with Crippen LogP contribution in [0.15, 0.2) is 42.7 Å². The Labute approximate surface area is 146 Å². The molecule has 1 saturated carbocycles. The van der Waals surface area contributed by atoms with Crippen molar-refractivity contribution < 1.29 is 14.6 Å². The number of amides is 1. The number of nitrogens with one attached hydrogen (secondary N) is 1. The van der Waals surface area contributed by atoms with E-state index in [-0.39, 0.29) is 23.5 Å². The predicted octanol–water partition coefficient (Wildman–Crippen LogP) is 1.59. The normalized spacial score (nSPS) is 24.7. The second-order valence-electron chi connectivity index (χ2n) is 7.02. The Morgan fingerprint density at radius 2 is 2.08 bits per heavy atom. The molecule has 2 aromatic rings. The Morgan fingerprint density at radius 1 is 1.32 bits per heavy atom. The smallest absolute Gasteiger partial charge is 0.251 e. The van der Waals surface area contributed by atoms with Gasteiger partial charge in [-0.05, 0) is 43.0 Å². The van der Waals surface area contributed by atoms with E-state index in [4.69, 9.17) is 4.74 Å². The van der Waals surface area contributed by atoms with Gasteiger partial charge in [0.2, 0.25) is 0 Å². The molecule has 2 heterocycles. The molecule has 2 N–H and O–H groups in total. The molecule has 1 amide bonds. The van der Waals surface area contributed by atoms with Gasteiger partial charge in [-0.3, -0.25) is 9.48 Å². The lowest BCUT2D eigenvalue weighted by Gasteiger charge is -2.55. The average Bonchev–Trinajstić information content (AvgIpc) is 3.16. The van der Waals surface area contributed by atoms with E-state index in [1.54, 1.807) is 6.20 Å². The fourth-order valence-electron chi connectivity index (χ4n) is 3.98. The van der Waals surface area contributed by atoms with E-state index in [1.807, 2.05) is 41.2 Å². The third-order valence-corrected chi connectivity index (χ3v) is 5.67. The van der Waals surface area contributed by atoms with Gasteiger partial charge in [-0.15, -0.1) is 0 Å². The molecule has 2 atom stereocenters. The van der Waals surface area contributed by atoms with Crippen LogP contribution in [-0.4, -0.2) is 46.2 Å². The molecule has 1 aliphatic heterocycles. The predicted molar refractivity (Wildman–Crippen MR) is 92.1 cm³/mol. The number of aliphatic hydroxyl groups excluding tert-OH is 1. The number of carbonyl (C=O) groups is 1. The molecule has 2 aliphatic rings. The van der Waals surface area contributed by atoms with Crippen molar-refractivity contribution in [1.82, 2.24) is 15.1 Å². The van der Waals surface area contributed by atoms with Gasteiger partial charge >= 0.3 is 0 Å². The van der Waals surface area contributed by atoms with Gasteiger partial charge < -0.3 is 15.2 Å². The standard InChI is InChI=1S/C19H23N3O3/c23-17-12-16(19(17)6-10-25-11-7-19)21-18(24)15-4-2-14(3-5-15)13-22-9-1-8-20-22/h1-5,8-9,16-17,23H,6-7,10-13H2,(H,21,24)/t16-,17-/m1/s1. The van der Waals surface area contributed by atoms with Crippen molar-refractivity contribution in [2.75, 3.05) is 13.2 Å². The number of nitrogens with zero attached hydrogens (tertiary/aromatic N) is 2. The molecule has 1 saturated heterocycles. The first-order valence-electron chi connectivity index (χ1n) is 8.80. The maximum Gasteiger partial charge on any atom is 0.251 e. The van der Waals surface area contributed by atoms with E-state index in [1.165, 1.54) is 0 Å². The molecule has 0 bridgehead atoms. The zero-order valence-corrected chi connectivity index (χ0v) is 14.1. The van der Waals surface area contributed by atoms with Crippen molar-refractivity contribution in [3.63, 3.8) is 0 Å². The van der Waals surface area contributed by atoms with Crippen LogP contribution in [0.5, 0.6) is 0 Å². The molecular formula is C19H23N3O3. The van der Waals surface area contributed by atoms with Crippen LogP contribution >= 0.6 is 0 Å². The highest BCUT2D eigenvalue weighted by molar-refractivity contribution is 5.94. The third kappa shape index (κ3) is 3.07. The molecule has 0 unspecified atom stereocenters. The first-order valence-corrected chi connectivity index (χ1v) is 8.80. The summed E-state index contributed by atoms with van der Waals surface area (Å²) in [5.74, 6) is -0.0755. The quantitative estimate of drug-likeness (QED) is 0.885. The molecule has 1 aromatic carbocycles. The average molecular weight is 341 g/mol. The Hall–Kier alpha value is -2.18. The van der Waals surface area contributed by atoms with Gasteiger partial charge in [-0.25, -0.2) is 0 Å². The minimum Gasteiger partial charge on any atom is -0.392 e. The maximum absolute atomic E-state index is 12.6. The van der Waals surface area contributed by atoms with Crippen LogP contribution in [0.3, 0.4) is 0 Å². The molecule has 132 valence electrons. The van der Waals surface area contributed by atoms with Crippen LogP contribution in [0.25, 0.3) is 0 Å². The highest BCUT2D eigenvalue weighted by Gasteiger charge is 2.55. The summed E-state index contributed by atoms with van der Waals surface area (Å²) >= 11 is 0. The van der Waals surface area contributed by atoms with E-state index in [9.17, 15) is 9.90 Å². The van der Waals surface area contributed by atoms with Gasteiger partial charge in [0.1, 0.15) is 0 Å². The summed E-state index contributed by atoms with van der Waals surface area (Å²) in [6.45, 7) is 2.00. The Balaban J connectivity index is 1.39. The van der Waals surface area contributed by atoms with Crippen LogP contribution < -0.4 is 5.32 Å². The summed E-state index contributed by atoms with van der Waals surface area (Å²) in [4.78, 5) is 12.6. The number of ether oxygens (including phenoxy) is 1. The fraction of sp³-hybridized carbons (Fsp3) is 0.474. The first-order chi connectivity index (χ1) is 12.2. The highest BCUT2D eigenvalue weighted by atomic mass is 16.5. The second-order valence-corrected chi connectivity index (χ2v) is 7.02. The Bertz CT molecular complexity index is 721. The van der Waals surface area contributed by atoms with Gasteiger partial charge in [0.25, 0.3) is 5.91 Å². The third-order valence-electron chi connectivity index (χ3n) is 5.67. The van der Waals surface area contributed by atoms with E-state index in [2.05, 4.69) is 10.4 Å². The summed E-state index contributed by atoms with van der Waals surface area (Å²) < 4.78 is 7.26. The van der Waals surface area contributed by atoms with Crippen molar-refractivity contribution in [2.24, 2.45) is 5.41 Å². The summed E-state index contributed by atoms with van der Waals surface area (Å²) in [5.41, 5.74) is 1.54. The van der Waals surface area contributed by atoms with Crippen LogP contribution in [0, 0.1) is 5.41 Å². The lowest BCUT2D eigenvalue weighted by Crippen LogP contribution is -2.65. The van der Waals surface area contributed by atoms with Crippen molar-refractivity contribution in [3.05, 3.63) is 53.9 Å². The molecule has 1 spiro atoms. The molecule has 2 fully saturated rings. The van der Waals surface area contributed by atoms with Gasteiger partial charge in [-0.2, -0.15) is 5.10 Å². The molecule has 1 aliphatic carbocycles. The fourth-order valence-corrected chi connectivity index (χ4v) is 3.98. The lowest BCUT2D eigenvalue weighted by molar-refractivity contribution is -0.145. The van der Waals surface area contributed by atoms with Gasteiger partial charge in [0.15, 0.2) is 0 Å². The van der Waals surface area contributed by atoms with E-state index < -0.39 is 0 Å². The van der Waals surface area contributed by atoms with Crippen molar-refractivity contribution in [3.8, 4) is 0 Å². The largest absolute Gasteiger partial charge is 0.392 e. The number of hydrogen-bond donors (Lipinski definition) is 2. The van der Waals surface area contributed by atoms with Crippen molar-refractivity contribution in [2.45, 2.75) is 38.0 Å². The Morgan fingerprint density at radius 3 is 2.72 bits per heavy atom. The van der Waals surface area contributed by atoms with Crippen LogP contribution in [-0.2, 0) is 11.3 Å². The summed E-state index contributed by atoms with van der Waals surface area (Å²) in [5, 5.41) is 17.5. The number of benzene rings is 1. The van der Waals surface area contributed by atoms with Crippen LogP contribution in [0.4, 0.5) is 0 Å². The highest BCUT2D eigenvalue weighted by Crippen LogP contribution is 2.49. The lowest BCUT2D eigenvalue weighted by atomic mass is 9.58. The number of carbonyl (C=O) groups excluding carboxylic acids is 1. The first kappa shape index (κ1) is 16.3. The molecule has 6 heteroatoms. The topological polar surface area (TPSA) is 76.4 Å². The SMILES string of the molecule is O=C(N[C@@H]1C[C@@H](O)C12CCOCC2)c1ccc(Cn2cccn2)cc1. The summed E-state index contributed by atoms with van der Waals surface area (Å²) in [6.07, 6.45) is 5.57. The van der Waals surface area contributed by atoms with Crippen LogP contribution in [0.1, 0.15) is 35.2 Å². The maximum atomic E-state index is 12.6. The minimum absolute atomic E-state index is 0.0302. The molecular weight excluding hydrogens is 318 g/mol. The zero-order chi connectivity index (χ0) is 17.3. The van der Waals surface area contributed by atoms with Crippen molar-refractivity contribution >= 4 is 5.91 Å². The molecule has 4 rings (SSSR count). The minimum atomic E-state index is -0.335. The molecule has 6 nitrogen and oxygen atoms in total. The van der Waals surface area contributed by atoms with Gasteiger partial charge in [0, 0.05) is 42.6 Å². The number of aliphatic hydroxyl groups is 1. The van der Waals surface area contributed by atoms with Gasteiger partial charge in [0.05, 0.1) is 12.6 Å². The van der Waals surface area contributed by atoms with E-state index >= 15 is 0 Å². The van der Waals surface area contributed by atoms with E-state index in [0.717, 1.165) is 18.4 Å². The second kappa shape index (κ2) is 6.61.